The number of benzene rings is 8. The Balaban J connectivity index is 1.17. The molecule has 9 aromatic rings. The number of nitrogens with zero attached hydrogens (tertiary/aromatic N) is 3. The Morgan fingerprint density at radius 3 is 1.78 bits per heavy atom. The van der Waals surface area contributed by atoms with Crippen LogP contribution in [-0.2, 0) is 5.41 Å². The van der Waals surface area contributed by atoms with Crippen molar-refractivity contribution in [3.63, 3.8) is 0 Å². The molecule has 1 heterocycles. The van der Waals surface area contributed by atoms with E-state index in [0.29, 0.717) is 17.5 Å². The molecule has 0 aliphatic heterocycles. The molecule has 0 unspecified atom stereocenters. The molecule has 0 spiro atoms. The molecular weight excluding hydrogens is 595 g/mol. The monoisotopic (exact) mass is 625 g/mol. The molecule has 0 radical (unpaired) electrons. The summed E-state index contributed by atoms with van der Waals surface area (Å²) in [5.41, 5.74) is 8.38. The average Bonchev–Trinajstić information content (AvgIpc) is 3.40. The van der Waals surface area contributed by atoms with Crippen LogP contribution in [0.3, 0.4) is 0 Å². The molecule has 10 rings (SSSR count). The Morgan fingerprint density at radius 1 is 0.388 bits per heavy atom. The number of aromatic nitrogens is 3. The molecule has 1 aromatic heterocycles. The third kappa shape index (κ3) is 4.25. The minimum Gasteiger partial charge on any atom is -0.208 e. The summed E-state index contributed by atoms with van der Waals surface area (Å²) in [6, 6.07) is 54.3. The Hall–Kier alpha value is -6.19. The average molecular weight is 626 g/mol. The maximum atomic E-state index is 5.08. The van der Waals surface area contributed by atoms with Crippen LogP contribution in [-0.4, -0.2) is 15.0 Å². The molecule has 1 aliphatic rings. The van der Waals surface area contributed by atoms with Crippen molar-refractivity contribution in [3.05, 3.63) is 163 Å². The summed E-state index contributed by atoms with van der Waals surface area (Å²) in [5, 5.41) is 9.85. The van der Waals surface area contributed by atoms with E-state index in [4.69, 9.17) is 15.0 Å². The van der Waals surface area contributed by atoms with Gasteiger partial charge < -0.3 is 0 Å². The van der Waals surface area contributed by atoms with Gasteiger partial charge in [-0.3, -0.25) is 0 Å². The van der Waals surface area contributed by atoms with Crippen molar-refractivity contribution in [2.24, 2.45) is 0 Å². The van der Waals surface area contributed by atoms with Crippen LogP contribution in [0, 0.1) is 0 Å². The predicted molar refractivity (Wildman–Crippen MR) is 204 cm³/mol. The number of fused-ring (bicyclic) bond motifs is 10. The van der Waals surface area contributed by atoms with Crippen molar-refractivity contribution < 1.29 is 0 Å². The third-order valence-electron chi connectivity index (χ3n) is 10.5. The molecule has 8 aromatic carbocycles. The van der Waals surface area contributed by atoms with Gasteiger partial charge in [0, 0.05) is 22.1 Å². The van der Waals surface area contributed by atoms with Crippen LogP contribution in [0.25, 0.3) is 88.4 Å². The van der Waals surface area contributed by atoms with Crippen molar-refractivity contribution in [2.75, 3.05) is 0 Å². The van der Waals surface area contributed by atoms with Gasteiger partial charge in [0.2, 0.25) is 0 Å². The lowest BCUT2D eigenvalue weighted by atomic mass is 9.82. The van der Waals surface area contributed by atoms with Crippen LogP contribution in [0.1, 0.15) is 25.0 Å². The highest BCUT2D eigenvalue weighted by Crippen LogP contribution is 2.52. The van der Waals surface area contributed by atoms with Crippen molar-refractivity contribution >= 4 is 43.1 Å². The quantitative estimate of drug-likeness (QED) is 0.183. The first-order chi connectivity index (χ1) is 24.0. The Morgan fingerprint density at radius 2 is 0.959 bits per heavy atom. The normalized spacial score (nSPS) is 13.3. The zero-order chi connectivity index (χ0) is 32.7. The van der Waals surface area contributed by atoms with Gasteiger partial charge in [-0.15, -0.1) is 0 Å². The maximum absolute atomic E-state index is 5.08. The molecule has 0 saturated carbocycles. The van der Waals surface area contributed by atoms with Gasteiger partial charge in [-0.2, -0.15) is 0 Å². The van der Waals surface area contributed by atoms with E-state index >= 15 is 0 Å². The highest BCUT2D eigenvalue weighted by atomic mass is 15.0. The minimum absolute atomic E-state index is 0.0302. The lowest BCUT2D eigenvalue weighted by Gasteiger charge is -2.21. The minimum atomic E-state index is -0.0302. The molecule has 0 bridgehead atoms. The van der Waals surface area contributed by atoms with Crippen LogP contribution in [0.5, 0.6) is 0 Å². The van der Waals surface area contributed by atoms with Gasteiger partial charge in [-0.05, 0) is 77.5 Å². The van der Waals surface area contributed by atoms with Gasteiger partial charge in [0.15, 0.2) is 17.5 Å². The standard InChI is InChI=1S/C46H31N3/c1-46(2)39-15-9-8-14-38(39)42-37-23-20-29-17-18-32-27-34(21-22-35(32)41(29)36(37)24-25-40(42)46)45-48-43(30-11-4-3-5-12-30)47-44(49-45)33-19-16-28-10-6-7-13-31(28)26-33/h3-27H,1-2H3. The molecule has 230 valence electrons. The summed E-state index contributed by atoms with van der Waals surface area (Å²) in [4.78, 5) is 15.1. The first-order valence-corrected chi connectivity index (χ1v) is 16.9. The maximum Gasteiger partial charge on any atom is 0.164 e. The first-order valence-electron chi connectivity index (χ1n) is 16.9. The fourth-order valence-electron chi connectivity index (χ4n) is 7.99. The van der Waals surface area contributed by atoms with Gasteiger partial charge in [-0.1, -0.05) is 153 Å². The molecule has 3 heteroatoms. The topological polar surface area (TPSA) is 38.7 Å². The van der Waals surface area contributed by atoms with E-state index in [1.807, 2.05) is 18.2 Å². The molecule has 0 saturated heterocycles. The highest BCUT2D eigenvalue weighted by Gasteiger charge is 2.36. The van der Waals surface area contributed by atoms with Crippen LogP contribution >= 0.6 is 0 Å². The van der Waals surface area contributed by atoms with Gasteiger partial charge in [-0.25, -0.2) is 15.0 Å². The van der Waals surface area contributed by atoms with Crippen LogP contribution < -0.4 is 0 Å². The lowest BCUT2D eigenvalue weighted by molar-refractivity contribution is 0.661. The Labute approximate surface area is 284 Å². The van der Waals surface area contributed by atoms with Crippen molar-refractivity contribution in [2.45, 2.75) is 19.3 Å². The zero-order valence-electron chi connectivity index (χ0n) is 27.3. The SMILES string of the molecule is CC1(C)c2ccccc2-c2c1ccc1c2ccc2ccc3cc(-c4nc(-c5ccccc5)nc(-c5ccc6ccccc6c5)n4)ccc3c21. The molecule has 0 N–H and O–H groups in total. The summed E-state index contributed by atoms with van der Waals surface area (Å²) in [6.07, 6.45) is 0. The first kappa shape index (κ1) is 27.9. The van der Waals surface area contributed by atoms with Crippen molar-refractivity contribution in [1.82, 2.24) is 15.0 Å². The van der Waals surface area contributed by atoms with Gasteiger partial charge in [0.25, 0.3) is 0 Å². The van der Waals surface area contributed by atoms with Crippen LogP contribution in [0.2, 0.25) is 0 Å². The second-order valence-electron chi connectivity index (χ2n) is 13.7. The summed E-state index contributed by atoms with van der Waals surface area (Å²) >= 11 is 0. The number of hydrogen-bond donors (Lipinski definition) is 0. The van der Waals surface area contributed by atoms with Crippen molar-refractivity contribution in [3.8, 4) is 45.3 Å². The molecular formula is C46H31N3. The molecule has 3 nitrogen and oxygen atoms in total. The molecule has 0 fully saturated rings. The number of rotatable bonds is 3. The third-order valence-corrected chi connectivity index (χ3v) is 10.5. The van der Waals surface area contributed by atoms with Gasteiger partial charge in [0.1, 0.15) is 0 Å². The highest BCUT2D eigenvalue weighted by molar-refractivity contribution is 6.23. The second-order valence-corrected chi connectivity index (χ2v) is 13.7. The van der Waals surface area contributed by atoms with Crippen LogP contribution in [0.15, 0.2) is 152 Å². The smallest absolute Gasteiger partial charge is 0.164 e. The largest absolute Gasteiger partial charge is 0.208 e. The molecule has 49 heavy (non-hydrogen) atoms. The van der Waals surface area contributed by atoms with E-state index < -0.39 is 0 Å². The second kappa shape index (κ2) is 10.4. The summed E-state index contributed by atoms with van der Waals surface area (Å²) in [5.74, 6) is 1.99. The predicted octanol–water partition coefficient (Wildman–Crippen LogP) is 11.8. The lowest BCUT2D eigenvalue weighted by Crippen LogP contribution is -2.14. The van der Waals surface area contributed by atoms with Crippen molar-refractivity contribution in [1.29, 1.82) is 0 Å². The van der Waals surface area contributed by atoms with Gasteiger partial charge in [0.05, 0.1) is 0 Å². The Kier molecular flexibility index (Phi) is 5.92. The fourth-order valence-corrected chi connectivity index (χ4v) is 7.99. The van der Waals surface area contributed by atoms with Gasteiger partial charge >= 0.3 is 0 Å². The van der Waals surface area contributed by atoms with E-state index in [2.05, 4.69) is 147 Å². The molecule has 1 aliphatic carbocycles. The molecule has 0 amide bonds. The zero-order valence-corrected chi connectivity index (χ0v) is 27.3. The van der Waals surface area contributed by atoms with E-state index in [-0.39, 0.29) is 5.41 Å². The molecule has 0 atom stereocenters. The fraction of sp³-hybridized carbons (Fsp3) is 0.0652. The number of hydrogen-bond acceptors (Lipinski definition) is 3. The summed E-state index contributed by atoms with van der Waals surface area (Å²) < 4.78 is 0. The Bertz CT molecular complexity index is 2800. The summed E-state index contributed by atoms with van der Waals surface area (Å²) in [7, 11) is 0. The van der Waals surface area contributed by atoms with E-state index in [1.54, 1.807) is 0 Å². The summed E-state index contributed by atoms with van der Waals surface area (Å²) in [6.45, 7) is 4.69. The van der Waals surface area contributed by atoms with Crippen LogP contribution in [0.4, 0.5) is 0 Å². The van der Waals surface area contributed by atoms with E-state index in [9.17, 15) is 0 Å². The van der Waals surface area contributed by atoms with E-state index in [1.165, 1.54) is 54.6 Å². The van der Waals surface area contributed by atoms with E-state index in [0.717, 1.165) is 27.5 Å².